The summed E-state index contributed by atoms with van der Waals surface area (Å²) in [7, 11) is 0. The molecule has 1 aliphatic rings. The Hall–Kier alpha value is -1.33. The van der Waals surface area contributed by atoms with Crippen LogP contribution in [0.3, 0.4) is 0 Å². The molecule has 0 amide bonds. The second-order valence-electron chi connectivity index (χ2n) is 4.84. The molecule has 0 saturated carbocycles. The van der Waals surface area contributed by atoms with E-state index in [1.165, 1.54) is 0 Å². The van der Waals surface area contributed by atoms with E-state index in [1.54, 1.807) is 12.4 Å². The Bertz CT molecular complexity index is 600. The first-order chi connectivity index (χ1) is 9.24. The van der Waals surface area contributed by atoms with E-state index in [9.17, 15) is 0 Å². The maximum atomic E-state index is 6.16. The first kappa shape index (κ1) is 12.7. The van der Waals surface area contributed by atoms with E-state index in [0.717, 1.165) is 52.8 Å². The Morgan fingerprint density at radius 3 is 2.95 bits per heavy atom. The van der Waals surface area contributed by atoms with Crippen LogP contribution < -0.4 is 5.73 Å². The number of aryl methyl sites for hydroxylation is 1. The number of halogens is 1. The van der Waals surface area contributed by atoms with Crippen molar-refractivity contribution < 1.29 is 0 Å². The normalized spacial score (nSPS) is 18.7. The fraction of sp³-hybridized carbons (Fsp3) is 0.357. The molecule has 0 aromatic carbocycles. The Morgan fingerprint density at radius 1 is 1.21 bits per heavy atom. The van der Waals surface area contributed by atoms with Crippen LogP contribution in [0.5, 0.6) is 0 Å². The first-order valence-corrected chi connectivity index (χ1v) is 7.25. The minimum atomic E-state index is 0.0761. The number of nitrogens with two attached hydrogens (primary N) is 1. The molecule has 98 valence electrons. The molecule has 2 heterocycles. The van der Waals surface area contributed by atoms with Crippen LogP contribution >= 0.6 is 15.9 Å². The maximum absolute atomic E-state index is 6.16. The van der Waals surface area contributed by atoms with Gasteiger partial charge >= 0.3 is 0 Å². The van der Waals surface area contributed by atoms with E-state index < -0.39 is 0 Å². The van der Waals surface area contributed by atoms with Gasteiger partial charge in [-0.15, -0.1) is 0 Å². The summed E-state index contributed by atoms with van der Waals surface area (Å²) in [6.07, 6.45) is 9.73. The molecule has 3 rings (SSSR count). The average molecular weight is 319 g/mol. The van der Waals surface area contributed by atoms with Gasteiger partial charge in [-0.05, 0) is 41.3 Å². The molecule has 0 radical (unpaired) electrons. The number of rotatable bonds is 1. The van der Waals surface area contributed by atoms with E-state index in [1.807, 2.05) is 12.3 Å². The lowest BCUT2D eigenvalue weighted by Gasteiger charge is -2.12. The van der Waals surface area contributed by atoms with Crippen LogP contribution in [0.25, 0.3) is 11.4 Å². The summed E-state index contributed by atoms with van der Waals surface area (Å²) in [4.78, 5) is 13.3. The predicted molar refractivity (Wildman–Crippen MR) is 77.4 cm³/mol. The van der Waals surface area contributed by atoms with Crippen molar-refractivity contribution in [3.05, 3.63) is 40.4 Å². The second kappa shape index (κ2) is 5.35. The van der Waals surface area contributed by atoms with Crippen LogP contribution in [0.1, 0.15) is 36.6 Å². The third kappa shape index (κ3) is 2.67. The van der Waals surface area contributed by atoms with Gasteiger partial charge in [0.2, 0.25) is 0 Å². The highest BCUT2D eigenvalue weighted by Crippen LogP contribution is 2.27. The van der Waals surface area contributed by atoms with E-state index in [-0.39, 0.29) is 6.04 Å². The van der Waals surface area contributed by atoms with Crippen molar-refractivity contribution in [1.29, 1.82) is 0 Å². The molecular formula is C14H15BrN4. The zero-order valence-corrected chi connectivity index (χ0v) is 12.1. The summed E-state index contributed by atoms with van der Waals surface area (Å²) in [5, 5.41) is 0. The average Bonchev–Trinajstić information content (AvgIpc) is 2.60. The summed E-state index contributed by atoms with van der Waals surface area (Å²) >= 11 is 3.42. The van der Waals surface area contributed by atoms with Gasteiger partial charge in [0.05, 0.1) is 0 Å². The minimum absolute atomic E-state index is 0.0761. The number of nitrogens with zero attached hydrogens (tertiary/aromatic N) is 3. The lowest BCUT2D eigenvalue weighted by atomic mass is 10.1. The van der Waals surface area contributed by atoms with Gasteiger partial charge in [-0.2, -0.15) is 0 Å². The van der Waals surface area contributed by atoms with Crippen molar-refractivity contribution in [3.63, 3.8) is 0 Å². The van der Waals surface area contributed by atoms with Crippen molar-refractivity contribution in [2.45, 2.75) is 31.7 Å². The second-order valence-corrected chi connectivity index (χ2v) is 5.76. The molecule has 0 aliphatic heterocycles. The van der Waals surface area contributed by atoms with Gasteiger partial charge in [0.15, 0.2) is 5.82 Å². The summed E-state index contributed by atoms with van der Waals surface area (Å²) in [5.74, 6) is 0.724. The minimum Gasteiger partial charge on any atom is -0.324 e. The van der Waals surface area contributed by atoms with Gasteiger partial charge < -0.3 is 5.73 Å². The van der Waals surface area contributed by atoms with Crippen molar-refractivity contribution in [1.82, 2.24) is 15.0 Å². The van der Waals surface area contributed by atoms with E-state index in [2.05, 4.69) is 30.9 Å². The lowest BCUT2D eigenvalue weighted by Crippen LogP contribution is -2.12. The molecule has 1 unspecified atom stereocenters. The Kier molecular flexibility index (Phi) is 3.57. The number of hydrogen-bond donors (Lipinski definition) is 1. The topological polar surface area (TPSA) is 64.7 Å². The van der Waals surface area contributed by atoms with E-state index in [0.29, 0.717) is 0 Å². The van der Waals surface area contributed by atoms with Crippen molar-refractivity contribution in [2.24, 2.45) is 5.73 Å². The first-order valence-electron chi connectivity index (χ1n) is 6.46. The third-order valence-corrected chi connectivity index (χ3v) is 3.87. The van der Waals surface area contributed by atoms with Gasteiger partial charge in [0.1, 0.15) is 0 Å². The van der Waals surface area contributed by atoms with Crippen LogP contribution in [0.4, 0.5) is 0 Å². The van der Waals surface area contributed by atoms with Crippen molar-refractivity contribution in [3.8, 4) is 11.4 Å². The largest absolute Gasteiger partial charge is 0.324 e. The molecule has 0 saturated heterocycles. The van der Waals surface area contributed by atoms with Gasteiger partial charge in [-0.1, -0.05) is 6.42 Å². The highest BCUT2D eigenvalue weighted by atomic mass is 79.9. The Labute approximate surface area is 120 Å². The summed E-state index contributed by atoms with van der Waals surface area (Å²) in [6.45, 7) is 0. The molecule has 1 aliphatic carbocycles. The number of fused-ring (bicyclic) bond motifs is 1. The van der Waals surface area contributed by atoms with Gasteiger partial charge in [0.25, 0.3) is 0 Å². The molecule has 2 aromatic rings. The fourth-order valence-corrected chi connectivity index (χ4v) is 2.79. The molecule has 19 heavy (non-hydrogen) atoms. The van der Waals surface area contributed by atoms with Gasteiger partial charge in [0, 0.05) is 45.9 Å². The summed E-state index contributed by atoms with van der Waals surface area (Å²) in [6, 6.07) is 2.05. The zero-order chi connectivity index (χ0) is 13.2. The molecule has 0 fully saturated rings. The number of aromatic nitrogens is 3. The highest BCUT2D eigenvalue weighted by molar-refractivity contribution is 9.10. The maximum Gasteiger partial charge on any atom is 0.160 e. The van der Waals surface area contributed by atoms with Crippen LogP contribution in [0, 0.1) is 0 Å². The molecule has 2 aromatic heterocycles. The van der Waals surface area contributed by atoms with E-state index >= 15 is 0 Å². The molecule has 1 atom stereocenters. The SMILES string of the molecule is NC1CCCCc2nc(-c3cncc(Br)c3)ncc21. The zero-order valence-electron chi connectivity index (χ0n) is 10.5. The highest BCUT2D eigenvalue weighted by Gasteiger charge is 2.17. The molecule has 0 spiro atoms. The monoisotopic (exact) mass is 318 g/mol. The smallest absolute Gasteiger partial charge is 0.160 e. The van der Waals surface area contributed by atoms with Crippen molar-refractivity contribution >= 4 is 15.9 Å². The van der Waals surface area contributed by atoms with Gasteiger partial charge in [-0.25, -0.2) is 9.97 Å². The lowest BCUT2D eigenvalue weighted by molar-refractivity contribution is 0.614. The predicted octanol–water partition coefficient (Wildman–Crippen LogP) is 3.03. The van der Waals surface area contributed by atoms with Crippen LogP contribution in [-0.2, 0) is 6.42 Å². The molecule has 5 heteroatoms. The number of hydrogen-bond acceptors (Lipinski definition) is 4. The molecule has 4 nitrogen and oxygen atoms in total. The van der Waals surface area contributed by atoms with Crippen LogP contribution in [-0.4, -0.2) is 15.0 Å². The van der Waals surface area contributed by atoms with Crippen LogP contribution in [0.2, 0.25) is 0 Å². The Balaban J connectivity index is 2.03. The van der Waals surface area contributed by atoms with Crippen LogP contribution in [0.15, 0.2) is 29.1 Å². The Morgan fingerprint density at radius 2 is 2.11 bits per heavy atom. The van der Waals surface area contributed by atoms with Crippen molar-refractivity contribution in [2.75, 3.05) is 0 Å². The summed E-state index contributed by atoms with van der Waals surface area (Å²) in [5.41, 5.74) is 9.28. The molecule has 2 N–H and O–H groups in total. The fourth-order valence-electron chi connectivity index (χ4n) is 2.42. The van der Waals surface area contributed by atoms with E-state index in [4.69, 9.17) is 5.73 Å². The third-order valence-electron chi connectivity index (χ3n) is 3.44. The molecule has 0 bridgehead atoms. The standard InChI is InChI=1S/C14H15BrN4/c15-10-5-9(6-17-7-10)14-18-8-11-12(16)3-1-2-4-13(11)19-14/h5-8,12H,1-4,16H2. The number of pyridine rings is 1. The summed E-state index contributed by atoms with van der Waals surface area (Å²) < 4.78 is 0.931. The molecular weight excluding hydrogens is 304 g/mol. The quantitative estimate of drug-likeness (QED) is 0.821. The van der Waals surface area contributed by atoms with Gasteiger partial charge in [-0.3, -0.25) is 4.98 Å².